The predicted molar refractivity (Wildman–Crippen MR) is 155 cm³/mol. The number of rotatable bonds is 18. The van der Waals surface area contributed by atoms with Crippen molar-refractivity contribution >= 4 is 72.6 Å². The van der Waals surface area contributed by atoms with Crippen LogP contribution in [0.15, 0.2) is 4.99 Å². The molecule has 0 saturated heterocycles. The van der Waals surface area contributed by atoms with Crippen molar-refractivity contribution in [2.75, 3.05) is 18.8 Å². The Morgan fingerprint density at radius 3 is 1.93 bits per heavy atom. The van der Waals surface area contributed by atoms with Gasteiger partial charge < -0.3 is 48.9 Å². The van der Waals surface area contributed by atoms with Crippen molar-refractivity contribution in [1.29, 1.82) is 0 Å². The molecule has 0 saturated carbocycles. The molecule has 12 N–H and O–H groups in total. The molecule has 17 nitrogen and oxygen atoms in total. The van der Waals surface area contributed by atoms with Gasteiger partial charge in [0, 0.05) is 24.0 Å². The molecule has 41 heavy (non-hydrogen) atoms. The van der Waals surface area contributed by atoms with E-state index in [9.17, 15) is 38.7 Å². The summed E-state index contributed by atoms with van der Waals surface area (Å²) in [5, 5.41) is 20.8. The van der Waals surface area contributed by atoms with E-state index in [2.05, 4.69) is 56.8 Å². The first kappa shape index (κ1) is 37.3. The lowest BCUT2D eigenvalue weighted by Gasteiger charge is -2.29. The highest BCUT2D eigenvalue weighted by Gasteiger charge is 2.35. The summed E-state index contributed by atoms with van der Waals surface area (Å²) < 4.78 is -1.11. The third kappa shape index (κ3) is 15.6. The number of nitrogens with two attached hydrogens (primary N) is 3. The van der Waals surface area contributed by atoms with Crippen LogP contribution in [-0.2, 0) is 33.6 Å². The maximum absolute atomic E-state index is 12.8. The van der Waals surface area contributed by atoms with Crippen molar-refractivity contribution in [2.24, 2.45) is 22.2 Å². The minimum absolute atomic E-state index is 0.0351. The van der Waals surface area contributed by atoms with Crippen LogP contribution >= 0.6 is 25.3 Å². The molecule has 6 amide bonds. The normalized spacial score (nSPS) is 13.8. The fourth-order valence-electron chi connectivity index (χ4n) is 3.24. The van der Waals surface area contributed by atoms with E-state index in [-0.39, 0.29) is 31.1 Å². The van der Waals surface area contributed by atoms with Crippen molar-refractivity contribution in [2.45, 2.75) is 68.9 Å². The van der Waals surface area contributed by atoms with E-state index in [0.717, 1.165) is 0 Å². The largest absolute Gasteiger partial charge is 0.481 e. The molecule has 0 fully saturated rings. The lowest BCUT2D eigenvalue weighted by atomic mass is 10.0. The zero-order valence-electron chi connectivity index (χ0n) is 22.9. The summed E-state index contributed by atoms with van der Waals surface area (Å²) >= 11 is 8.22. The van der Waals surface area contributed by atoms with Crippen molar-refractivity contribution < 1.29 is 38.7 Å². The first-order chi connectivity index (χ1) is 18.9. The number of carbonyl (C=O) groups excluding carboxylic acids is 6. The van der Waals surface area contributed by atoms with Crippen LogP contribution in [0.25, 0.3) is 0 Å². The Labute approximate surface area is 247 Å². The average Bonchev–Trinajstić information content (AvgIpc) is 2.83. The van der Waals surface area contributed by atoms with Gasteiger partial charge in [-0.05, 0) is 26.7 Å². The summed E-state index contributed by atoms with van der Waals surface area (Å²) in [6.07, 6.45) is -0.563. The van der Waals surface area contributed by atoms with Gasteiger partial charge in [0.05, 0.1) is 13.0 Å². The van der Waals surface area contributed by atoms with Crippen LogP contribution in [0.4, 0.5) is 0 Å². The maximum Gasteiger partial charge on any atom is 0.305 e. The Hall–Kier alpha value is -3.74. The Kier molecular flexibility index (Phi) is 16.2. The van der Waals surface area contributed by atoms with Gasteiger partial charge in [-0.3, -0.25) is 38.6 Å². The number of carboxylic acid groups (broad SMARTS) is 1. The molecule has 0 aliphatic rings. The van der Waals surface area contributed by atoms with Gasteiger partial charge in [-0.2, -0.15) is 25.3 Å². The summed E-state index contributed by atoms with van der Waals surface area (Å²) in [5.41, 5.74) is 15.9. The highest BCUT2D eigenvalue weighted by atomic mass is 32.1. The van der Waals surface area contributed by atoms with Crippen molar-refractivity contribution in [1.82, 2.24) is 26.6 Å². The molecule has 0 bridgehead atoms. The molecular weight excluding hydrogens is 582 g/mol. The summed E-state index contributed by atoms with van der Waals surface area (Å²) in [4.78, 5) is 88.8. The predicted octanol–water partition coefficient (Wildman–Crippen LogP) is -4.29. The molecule has 0 aliphatic heterocycles. The van der Waals surface area contributed by atoms with Gasteiger partial charge in [0.1, 0.15) is 24.2 Å². The Balaban J connectivity index is 5.49. The second kappa shape index (κ2) is 17.8. The van der Waals surface area contributed by atoms with E-state index in [4.69, 9.17) is 17.2 Å². The van der Waals surface area contributed by atoms with Gasteiger partial charge in [-0.25, -0.2) is 0 Å². The van der Waals surface area contributed by atoms with Crippen molar-refractivity contribution in [3.8, 4) is 0 Å². The van der Waals surface area contributed by atoms with Crippen LogP contribution in [0.1, 0.15) is 40.0 Å². The highest BCUT2D eigenvalue weighted by molar-refractivity contribution is 7.81. The smallest absolute Gasteiger partial charge is 0.305 e. The van der Waals surface area contributed by atoms with E-state index < -0.39 is 83.3 Å². The Bertz CT molecular complexity index is 1020. The minimum Gasteiger partial charge on any atom is -0.481 e. The van der Waals surface area contributed by atoms with E-state index in [1.54, 1.807) is 0 Å². The number of carbonyl (C=O) groups is 7. The standard InChI is InChI=1S/C22H39N9O8S2/c1-10(32)28-13(9-40)20(39)30-11(5-4-6-26-21(24)25)18(37)27-8-14(33)29-12(7-15(34)35)19(38)31-16(17(23)36)22(2,3)41/h11-13,16,40-41H,4-9H2,1-3H3,(H2,23,36)(H,27,37)(H,28,32)(H,29,33)(H,30,39)(H,31,38)(H,34,35)(H4,24,25,26)/t11-,12-,13-,16+/m0/s1. The Morgan fingerprint density at radius 2 is 1.46 bits per heavy atom. The summed E-state index contributed by atoms with van der Waals surface area (Å²) in [6.45, 7) is 3.61. The van der Waals surface area contributed by atoms with Crippen LogP contribution in [0.5, 0.6) is 0 Å². The number of hydrogen-bond donors (Lipinski definition) is 11. The fraction of sp³-hybridized carbons (Fsp3) is 0.636. The third-order valence-electron chi connectivity index (χ3n) is 5.19. The quantitative estimate of drug-likeness (QED) is 0.0303. The van der Waals surface area contributed by atoms with Crippen LogP contribution < -0.4 is 43.8 Å². The van der Waals surface area contributed by atoms with Crippen molar-refractivity contribution in [3.05, 3.63) is 0 Å². The number of thiol groups is 2. The average molecular weight is 622 g/mol. The molecule has 0 aromatic carbocycles. The SMILES string of the molecule is CC(=O)N[C@@H](CS)C(=O)N[C@@H](CCCN=C(N)N)C(=O)NCC(=O)N[C@@H](CC(=O)O)C(=O)N[C@H](C(N)=O)C(C)(C)S. The zero-order valence-corrected chi connectivity index (χ0v) is 24.7. The molecule has 0 aliphatic carbocycles. The topological polar surface area (TPSA) is 290 Å². The van der Waals surface area contributed by atoms with Gasteiger partial charge in [-0.15, -0.1) is 0 Å². The van der Waals surface area contributed by atoms with E-state index in [0.29, 0.717) is 0 Å². The van der Waals surface area contributed by atoms with Gasteiger partial charge >= 0.3 is 5.97 Å². The van der Waals surface area contributed by atoms with Crippen LogP contribution in [-0.4, -0.2) is 100 Å². The van der Waals surface area contributed by atoms with Gasteiger partial charge in [0.25, 0.3) is 0 Å². The molecule has 232 valence electrons. The molecule has 4 atom stereocenters. The Morgan fingerprint density at radius 1 is 0.878 bits per heavy atom. The van der Waals surface area contributed by atoms with Gasteiger partial charge in [-0.1, -0.05) is 0 Å². The number of guanidine groups is 1. The number of amides is 6. The lowest BCUT2D eigenvalue weighted by molar-refractivity contribution is -0.141. The number of aliphatic imine (C=N–C) groups is 1. The monoisotopic (exact) mass is 621 g/mol. The van der Waals surface area contributed by atoms with Crippen molar-refractivity contribution in [3.63, 3.8) is 0 Å². The van der Waals surface area contributed by atoms with E-state index in [1.165, 1.54) is 20.8 Å². The molecule has 0 unspecified atom stereocenters. The second-order valence-electron chi connectivity index (χ2n) is 9.38. The number of carboxylic acids is 1. The first-order valence-corrected chi connectivity index (χ1v) is 13.3. The van der Waals surface area contributed by atoms with Gasteiger partial charge in [0.15, 0.2) is 5.96 Å². The van der Waals surface area contributed by atoms with Crippen LogP contribution in [0.3, 0.4) is 0 Å². The number of aliphatic carboxylic acids is 1. The molecule has 0 aromatic heterocycles. The maximum atomic E-state index is 12.8. The third-order valence-corrected chi connectivity index (χ3v) is 5.81. The van der Waals surface area contributed by atoms with Gasteiger partial charge in [0.2, 0.25) is 35.4 Å². The number of nitrogens with zero attached hydrogens (tertiary/aromatic N) is 1. The van der Waals surface area contributed by atoms with E-state index >= 15 is 0 Å². The zero-order chi connectivity index (χ0) is 31.9. The molecule has 19 heteroatoms. The van der Waals surface area contributed by atoms with E-state index in [1.807, 2.05) is 0 Å². The second-order valence-corrected chi connectivity index (χ2v) is 10.9. The molecular formula is C22H39N9O8S2. The fourth-order valence-corrected chi connectivity index (χ4v) is 3.69. The molecule has 0 aromatic rings. The number of primary amides is 1. The number of nitrogens with one attached hydrogen (secondary N) is 5. The van der Waals surface area contributed by atoms with Crippen LogP contribution in [0.2, 0.25) is 0 Å². The summed E-state index contributed by atoms with van der Waals surface area (Å²) in [7, 11) is 0. The minimum atomic E-state index is -1.63. The number of hydrogen-bond acceptors (Lipinski definition) is 10. The summed E-state index contributed by atoms with van der Waals surface area (Å²) in [6, 6.07) is -5.16. The first-order valence-electron chi connectivity index (χ1n) is 12.2. The van der Waals surface area contributed by atoms with Crippen LogP contribution in [0, 0.1) is 0 Å². The molecule has 0 spiro atoms. The molecule has 0 rings (SSSR count). The lowest BCUT2D eigenvalue weighted by Crippen LogP contribution is -2.59. The molecule has 0 radical (unpaired) electrons. The highest BCUT2D eigenvalue weighted by Crippen LogP contribution is 2.17. The summed E-state index contributed by atoms with van der Waals surface area (Å²) in [5.74, 6) is -6.58. The molecule has 0 heterocycles.